The van der Waals surface area contributed by atoms with E-state index < -0.39 is 0 Å². The van der Waals surface area contributed by atoms with Crippen LogP contribution in [0.25, 0.3) is 0 Å². The van der Waals surface area contributed by atoms with Crippen molar-refractivity contribution in [2.24, 2.45) is 22.7 Å². The van der Waals surface area contributed by atoms with Crippen molar-refractivity contribution in [3.05, 3.63) is 0 Å². The first-order chi connectivity index (χ1) is 7.39. The normalized spacial score (nSPS) is 59.2. The zero-order chi connectivity index (χ0) is 11.4. The van der Waals surface area contributed by atoms with Crippen molar-refractivity contribution in [2.75, 3.05) is 0 Å². The third-order valence-electron chi connectivity index (χ3n) is 6.01. The van der Waals surface area contributed by atoms with Gasteiger partial charge < -0.3 is 0 Å². The fraction of sp³-hybridized carbons (Fsp3) is 1.00. The molecule has 4 saturated carbocycles. The molecule has 0 heterocycles. The minimum absolute atomic E-state index is 0.264. The van der Waals surface area contributed by atoms with E-state index in [0.717, 1.165) is 11.8 Å². The van der Waals surface area contributed by atoms with E-state index in [2.05, 4.69) is 63.7 Å². The van der Waals surface area contributed by atoms with Gasteiger partial charge in [0.1, 0.15) is 0 Å². The minimum atomic E-state index is 0.264. The van der Waals surface area contributed by atoms with Gasteiger partial charge in [-0.25, -0.2) is 0 Å². The second kappa shape index (κ2) is 2.98. The van der Waals surface area contributed by atoms with Gasteiger partial charge in [-0.3, -0.25) is 0 Å². The lowest BCUT2D eigenvalue weighted by atomic mass is 9.71. The average molecular weight is 478 g/mol. The van der Waals surface area contributed by atoms with Crippen LogP contribution in [0.5, 0.6) is 0 Å². The molecule has 4 heteroatoms. The van der Waals surface area contributed by atoms with Crippen molar-refractivity contribution in [1.29, 1.82) is 0 Å². The summed E-state index contributed by atoms with van der Waals surface area (Å²) in [7, 11) is 0. The molecule has 0 bridgehead atoms. The van der Waals surface area contributed by atoms with E-state index in [-0.39, 0.29) is 6.47 Å². The molecule has 4 aliphatic rings. The van der Waals surface area contributed by atoms with Crippen LogP contribution in [0, 0.1) is 22.7 Å². The van der Waals surface area contributed by atoms with Gasteiger partial charge in [-0.15, -0.1) is 0 Å². The van der Waals surface area contributed by atoms with Crippen LogP contribution in [0.2, 0.25) is 0 Å². The fourth-order valence-electron chi connectivity index (χ4n) is 5.01. The standard InChI is InChI=1S/C12H14Br4/c13-11(14)7-5-9-3-1-2-4-10(9,6-8(7)11)12(9,15)16/h7-8H,1-6H2/t7-,8+,9?,10?. The second-order valence-electron chi connectivity index (χ2n) is 6.24. The quantitative estimate of drug-likeness (QED) is 0.401. The lowest BCUT2D eigenvalue weighted by Crippen LogP contribution is -2.24. The Morgan fingerprint density at radius 1 is 0.750 bits per heavy atom. The van der Waals surface area contributed by atoms with Crippen LogP contribution in [-0.4, -0.2) is 6.47 Å². The first-order valence-corrected chi connectivity index (χ1v) is 9.32. The Labute approximate surface area is 130 Å². The van der Waals surface area contributed by atoms with E-state index in [1.54, 1.807) is 0 Å². The van der Waals surface area contributed by atoms with Crippen molar-refractivity contribution in [2.45, 2.75) is 45.0 Å². The van der Waals surface area contributed by atoms with Gasteiger partial charge in [0.15, 0.2) is 0 Å². The third kappa shape index (κ3) is 0.987. The maximum atomic E-state index is 4.03. The molecule has 2 unspecified atom stereocenters. The Kier molecular flexibility index (Phi) is 2.18. The SMILES string of the molecule is BrC1(Br)[C@@H]2CC34CCCCC3(C[C@@H]21)C4(Br)Br. The molecule has 4 atom stereocenters. The molecule has 4 fully saturated rings. The Morgan fingerprint density at radius 2 is 1.19 bits per heavy atom. The summed E-state index contributed by atoms with van der Waals surface area (Å²) in [5.41, 5.74) is 1.12. The Balaban J connectivity index is 1.76. The zero-order valence-electron chi connectivity index (χ0n) is 8.91. The van der Waals surface area contributed by atoms with Crippen molar-refractivity contribution in [3.8, 4) is 0 Å². The van der Waals surface area contributed by atoms with Gasteiger partial charge in [-0.2, -0.15) is 0 Å². The molecule has 0 radical (unpaired) electrons. The van der Waals surface area contributed by atoms with Gasteiger partial charge in [-0.1, -0.05) is 76.6 Å². The Hall–Kier alpha value is 1.92. The lowest BCUT2D eigenvalue weighted by molar-refractivity contribution is 0.164. The van der Waals surface area contributed by atoms with E-state index in [0.29, 0.717) is 10.8 Å². The fourth-order valence-corrected chi connectivity index (χ4v) is 9.43. The Bertz CT molecular complexity index is 345. The number of hydrogen-bond acceptors (Lipinski definition) is 0. The van der Waals surface area contributed by atoms with Gasteiger partial charge in [-0.05, 0) is 37.5 Å². The molecule has 4 rings (SSSR count). The molecule has 0 amide bonds. The van der Waals surface area contributed by atoms with Crippen LogP contribution in [0.4, 0.5) is 0 Å². The zero-order valence-corrected chi connectivity index (χ0v) is 15.3. The topological polar surface area (TPSA) is 0 Å². The summed E-state index contributed by atoms with van der Waals surface area (Å²) in [5, 5.41) is 0. The highest BCUT2D eigenvalue weighted by Crippen LogP contribution is 2.94. The van der Waals surface area contributed by atoms with Crippen LogP contribution in [0.3, 0.4) is 0 Å². The number of rotatable bonds is 0. The molecular formula is C12H14Br4. The highest BCUT2D eigenvalue weighted by atomic mass is 79.9. The van der Waals surface area contributed by atoms with Gasteiger partial charge >= 0.3 is 0 Å². The van der Waals surface area contributed by atoms with Crippen LogP contribution in [0.1, 0.15) is 38.5 Å². The monoisotopic (exact) mass is 474 g/mol. The highest BCUT2D eigenvalue weighted by Gasteiger charge is 2.90. The third-order valence-corrected chi connectivity index (χ3v) is 11.4. The van der Waals surface area contributed by atoms with Crippen LogP contribution in [0.15, 0.2) is 0 Å². The average Bonchev–Trinajstić information content (AvgIpc) is 2.93. The van der Waals surface area contributed by atoms with E-state index in [4.69, 9.17) is 0 Å². The van der Waals surface area contributed by atoms with Crippen LogP contribution >= 0.6 is 63.7 Å². The van der Waals surface area contributed by atoms with Crippen LogP contribution in [-0.2, 0) is 0 Å². The largest absolute Gasteiger partial charge is 0.0929 e. The van der Waals surface area contributed by atoms with Crippen molar-refractivity contribution >= 4 is 63.7 Å². The highest BCUT2D eigenvalue weighted by molar-refractivity contribution is 9.26. The van der Waals surface area contributed by atoms with E-state index in [9.17, 15) is 0 Å². The molecule has 0 N–H and O–H groups in total. The predicted octanol–water partition coefficient (Wildman–Crippen LogP) is 5.56. The second-order valence-corrected chi connectivity index (χ2v) is 13.4. The van der Waals surface area contributed by atoms with E-state index in [1.165, 1.54) is 38.5 Å². The van der Waals surface area contributed by atoms with Gasteiger partial charge in [0.25, 0.3) is 0 Å². The molecule has 16 heavy (non-hydrogen) atoms. The maximum absolute atomic E-state index is 4.03. The smallest absolute Gasteiger partial charge is 0.0721 e. The van der Waals surface area contributed by atoms with Crippen LogP contribution < -0.4 is 0 Å². The van der Waals surface area contributed by atoms with Gasteiger partial charge in [0.05, 0.1) is 6.47 Å². The number of hydrogen-bond donors (Lipinski definition) is 0. The first-order valence-electron chi connectivity index (χ1n) is 6.15. The Morgan fingerprint density at radius 3 is 1.62 bits per heavy atom. The first kappa shape index (κ1) is 11.7. The summed E-state index contributed by atoms with van der Waals surface area (Å²) in [5.74, 6) is 1.71. The van der Waals surface area contributed by atoms with Crippen molar-refractivity contribution in [1.82, 2.24) is 0 Å². The molecule has 0 nitrogen and oxygen atoms in total. The summed E-state index contributed by atoms with van der Waals surface area (Å²) in [6, 6.07) is 0. The van der Waals surface area contributed by atoms with Crippen molar-refractivity contribution in [3.63, 3.8) is 0 Å². The number of halogens is 4. The molecule has 0 aromatic carbocycles. The predicted molar refractivity (Wildman–Crippen MR) is 80.7 cm³/mol. The van der Waals surface area contributed by atoms with E-state index in [1.807, 2.05) is 0 Å². The summed E-state index contributed by atoms with van der Waals surface area (Å²) in [6.45, 7) is 0. The molecule has 0 aromatic rings. The van der Waals surface area contributed by atoms with E-state index >= 15 is 0 Å². The minimum Gasteiger partial charge on any atom is -0.0721 e. The molecule has 4 aliphatic carbocycles. The molecule has 0 aliphatic heterocycles. The maximum Gasteiger partial charge on any atom is 0.0929 e. The summed E-state index contributed by atoms with van der Waals surface area (Å²) in [6.07, 6.45) is 8.48. The van der Waals surface area contributed by atoms with Gasteiger partial charge in [0, 0.05) is 10.8 Å². The van der Waals surface area contributed by atoms with Gasteiger partial charge in [0.2, 0.25) is 0 Å². The molecule has 0 aromatic heterocycles. The molecule has 90 valence electrons. The summed E-state index contributed by atoms with van der Waals surface area (Å²) in [4.78, 5) is 0. The lowest BCUT2D eigenvalue weighted by Gasteiger charge is -2.32. The van der Waals surface area contributed by atoms with Crippen molar-refractivity contribution < 1.29 is 0 Å². The summed E-state index contributed by atoms with van der Waals surface area (Å²) < 4.78 is 0.549. The molecular weight excluding hydrogens is 464 g/mol. The number of fused-ring (bicyclic) bond motifs is 1. The number of alkyl halides is 4. The summed E-state index contributed by atoms with van der Waals surface area (Å²) >= 11 is 15.8. The molecule has 0 saturated heterocycles. The molecule has 0 spiro atoms.